The van der Waals surface area contributed by atoms with Gasteiger partial charge < -0.3 is 20.5 Å². The molecule has 2 rings (SSSR count). The lowest BCUT2D eigenvalue weighted by atomic mass is 10.2. The third kappa shape index (κ3) is 10.1. The molecule has 1 saturated heterocycles. The quantitative estimate of drug-likeness (QED) is 0.306. The van der Waals surface area contributed by atoms with Crippen molar-refractivity contribution in [3.8, 4) is 0 Å². The zero-order chi connectivity index (χ0) is 24.4. The van der Waals surface area contributed by atoms with Crippen LogP contribution in [0.2, 0.25) is 0 Å². The molecule has 0 atom stereocenters. The first kappa shape index (κ1) is 26.5. The monoisotopic (exact) mass is 467 g/mol. The molecule has 0 amide bonds. The largest absolute Gasteiger partial charge is 0.618 e. The average molecular weight is 468 g/mol. The molecule has 1 aliphatic rings. The maximum atomic E-state index is 12.2. The summed E-state index contributed by atoms with van der Waals surface area (Å²) in [5.74, 6) is -2.93. The Morgan fingerprint density at radius 1 is 0.788 bits per heavy atom. The van der Waals surface area contributed by atoms with Gasteiger partial charge in [-0.25, -0.2) is 0 Å². The first-order valence-corrected chi connectivity index (χ1v) is 10.9. The van der Waals surface area contributed by atoms with E-state index in [-0.39, 0.29) is 19.6 Å². The topological polar surface area (TPSA) is 152 Å². The highest BCUT2D eigenvalue weighted by atomic mass is 16.5. The Bertz CT molecular complexity index is 790. The smallest absolute Gasteiger partial charge is 0.317 e. The molecule has 0 aliphatic carbocycles. The molecule has 0 bridgehead atoms. The molecule has 1 fully saturated rings. The molecule has 0 spiro atoms. The predicted octanol–water partition coefficient (Wildman–Crippen LogP) is -1.40. The predicted molar refractivity (Wildman–Crippen MR) is 118 cm³/mol. The molecule has 0 aromatic carbocycles. The fourth-order valence-corrected chi connectivity index (χ4v) is 3.78. The van der Waals surface area contributed by atoms with E-state index in [9.17, 15) is 34.9 Å². The number of nitrogens with zero attached hydrogens (tertiary/aromatic N) is 5. The molecule has 1 aromatic heterocycles. The molecule has 0 unspecified atom stereocenters. The van der Waals surface area contributed by atoms with Crippen LogP contribution in [-0.2, 0) is 20.9 Å². The Balaban J connectivity index is 2.20. The molecule has 33 heavy (non-hydrogen) atoms. The number of carboxylic acids is 3. The summed E-state index contributed by atoms with van der Waals surface area (Å²) in [6, 6.07) is 3.52. The minimum Gasteiger partial charge on any atom is -0.618 e. The lowest BCUT2D eigenvalue weighted by molar-refractivity contribution is -0.615. The summed E-state index contributed by atoms with van der Waals surface area (Å²) in [5.41, 5.74) is 1.51. The summed E-state index contributed by atoms with van der Waals surface area (Å²) in [7, 11) is 0. The van der Waals surface area contributed by atoms with E-state index in [1.807, 2.05) is 11.8 Å². The average Bonchev–Trinajstić information content (AvgIpc) is 2.71. The fourth-order valence-electron chi connectivity index (χ4n) is 3.78. The van der Waals surface area contributed by atoms with Crippen molar-refractivity contribution >= 4 is 17.9 Å². The van der Waals surface area contributed by atoms with Crippen molar-refractivity contribution in [3.63, 3.8) is 0 Å². The van der Waals surface area contributed by atoms with E-state index < -0.39 is 17.9 Å². The van der Waals surface area contributed by atoms with E-state index in [1.54, 1.807) is 26.8 Å². The van der Waals surface area contributed by atoms with Crippen molar-refractivity contribution in [2.24, 2.45) is 0 Å². The van der Waals surface area contributed by atoms with Gasteiger partial charge in [0, 0.05) is 64.5 Å². The Morgan fingerprint density at radius 3 is 1.52 bits per heavy atom. The highest BCUT2D eigenvalue weighted by Crippen LogP contribution is 2.06. The van der Waals surface area contributed by atoms with E-state index >= 15 is 0 Å². The summed E-state index contributed by atoms with van der Waals surface area (Å²) in [6.45, 7) is 4.87. The van der Waals surface area contributed by atoms with E-state index in [1.165, 1.54) is 6.20 Å². The van der Waals surface area contributed by atoms with Crippen LogP contribution in [0.5, 0.6) is 0 Å². The van der Waals surface area contributed by atoms with Crippen LogP contribution in [-0.4, -0.2) is 125 Å². The maximum absolute atomic E-state index is 12.2. The maximum Gasteiger partial charge on any atom is 0.317 e. The highest BCUT2D eigenvalue weighted by molar-refractivity contribution is 5.69. The summed E-state index contributed by atoms with van der Waals surface area (Å²) < 4.78 is 0.803. The van der Waals surface area contributed by atoms with Crippen molar-refractivity contribution in [2.75, 3.05) is 72.0 Å². The first-order chi connectivity index (χ1) is 15.6. The molecule has 12 nitrogen and oxygen atoms in total. The summed E-state index contributed by atoms with van der Waals surface area (Å²) >= 11 is 0. The van der Waals surface area contributed by atoms with Crippen LogP contribution in [0.4, 0.5) is 0 Å². The lowest BCUT2D eigenvalue weighted by Gasteiger charge is -2.32. The summed E-state index contributed by atoms with van der Waals surface area (Å²) in [4.78, 5) is 41.1. The second kappa shape index (κ2) is 13.0. The van der Waals surface area contributed by atoms with Gasteiger partial charge in [-0.3, -0.25) is 34.0 Å². The van der Waals surface area contributed by atoms with E-state index in [0.717, 1.165) is 10.3 Å². The van der Waals surface area contributed by atoms with Gasteiger partial charge in [0.1, 0.15) is 0 Å². The Kier molecular flexibility index (Phi) is 10.5. The van der Waals surface area contributed by atoms with Crippen LogP contribution in [0, 0.1) is 12.1 Å². The third-order valence-corrected chi connectivity index (χ3v) is 5.54. The van der Waals surface area contributed by atoms with E-state index in [2.05, 4.69) is 0 Å². The Hall–Kier alpha value is -2.80. The SMILES string of the molecule is Cc1cc[n+]([O-])c(CN2CCN(CC(=O)O)CCN(CC(=O)O)CCN(CC(=O)O)CC2)c1. The minimum atomic E-state index is -0.994. The standard InChI is InChI=1S/C21H33N5O7/c1-17-2-3-26(33)18(12-17)13-22-4-6-23(14-19(27)28)8-10-25(16-21(31)32)11-9-24(7-5-22)15-20(29)30/h2-3,12H,4-11,13-16H2,1H3,(H,27,28)(H,29,30)(H,31,32). The lowest BCUT2D eigenvalue weighted by Crippen LogP contribution is -2.48. The molecular weight excluding hydrogens is 434 g/mol. The van der Waals surface area contributed by atoms with Crippen LogP contribution in [0.3, 0.4) is 0 Å². The Morgan fingerprint density at radius 2 is 1.15 bits per heavy atom. The van der Waals surface area contributed by atoms with Gasteiger partial charge in [-0.05, 0) is 12.5 Å². The molecule has 12 heteroatoms. The van der Waals surface area contributed by atoms with Crippen molar-refractivity contribution in [3.05, 3.63) is 34.8 Å². The van der Waals surface area contributed by atoms with Gasteiger partial charge >= 0.3 is 17.9 Å². The number of hydrogen-bond acceptors (Lipinski definition) is 8. The summed E-state index contributed by atoms with van der Waals surface area (Å²) in [6.07, 6.45) is 1.45. The second-order valence-corrected chi connectivity index (χ2v) is 8.31. The van der Waals surface area contributed by atoms with Gasteiger partial charge in [-0.2, -0.15) is 4.73 Å². The van der Waals surface area contributed by atoms with Crippen molar-refractivity contribution < 1.29 is 34.4 Å². The summed E-state index contributed by atoms with van der Waals surface area (Å²) in [5, 5.41) is 40.0. The van der Waals surface area contributed by atoms with Gasteiger partial charge in [-0.1, -0.05) is 0 Å². The molecule has 1 aliphatic heterocycles. The number of carbonyl (C=O) groups is 3. The number of carboxylic acid groups (broad SMARTS) is 3. The van der Waals surface area contributed by atoms with Crippen LogP contribution in [0.15, 0.2) is 18.3 Å². The number of hydrogen-bond donors (Lipinski definition) is 3. The van der Waals surface area contributed by atoms with Crippen LogP contribution in [0.1, 0.15) is 11.3 Å². The van der Waals surface area contributed by atoms with Gasteiger partial charge in [-0.15, -0.1) is 0 Å². The van der Waals surface area contributed by atoms with Crippen molar-refractivity contribution in [1.82, 2.24) is 19.6 Å². The van der Waals surface area contributed by atoms with Gasteiger partial charge in [0.15, 0.2) is 6.20 Å². The second-order valence-electron chi connectivity index (χ2n) is 8.31. The number of rotatable bonds is 8. The van der Waals surface area contributed by atoms with E-state index in [4.69, 9.17) is 0 Å². The molecular formula is C21H33N5O7. The van der Waals surface area contributed by atoms with Gasteiger partial charge in [0.25, 0.3) is 0 Å². The number of aliphatic carboxylic acids is 3. The highest BCUT2D eigenvalue weighted by Gasteiger charge is 2.21. The van der Waals surface area contributed by atoms with Gasteiger partial charge in [0.2, 0.25) is 5.69 Å². The minimum absolute atomic E-state index is 0.175. The van der Waals surface area contributed by atoms with Gasteiger partial charge in [0.05, 0.1) is 26.2 Å². The zero-order valence-corrected chi connectivity index (χ0v) is 18.9. The number of pyridine rings is 1. The number of aromatic nitrogens is 1. The normalized spacial score (nSPS) is 18.3. The van der Waals surface area contributed by atoms with E-state index in [0.29, 0.717) is 64.6 Å². The van der Waals surface area contributed by atoms with Crippen LogP contribution in [0.25, 0.3) is 0 Å². The van der Waals surface area contributed by atoms with Crippen molar-refractivity contribution in [2.45, 2.75) is 13.5 Å². The van der Waals surface area contributed by atoms with Crippen LogP contribution >= 0.6 is 0 Å². The fraction of sp³-hybridized carbons (Fsp3) is 0.619. The molecule has 3 N–H and O–H groups in total. The molecule has 2 heterocycles. The molecule has 1 aromatic rings. The third-order valence-electron chi connectivity index (χ3n) is 5.54. The Labute approximate surface area is 192 Å². The van der Waals surface area contributed by atoms with Crippen LogP contribution < -0.4 is 4.73 Å². The molecule has 184 valence electrons. The number of aryl methyl sites for hydroxylation is 1. The molecule has 0 saturated carbocycles. The first-order valence-electron chi connectivity index (χ1n) is 10.9. The molecule has 0 radical (unpaired) electrons. The van der Waals surface area contributed by atoms with Crippen molar-refractivity contribution in [1.29, 1.82) is 0 Å². The zero-order valence-electron chi connectivity index (χ0n) is 18.9.